The maximum atomic E-state index is 9.46. The van der Waals surface area contributed by atoms with E-state index in [9.17, 15) is 5.11 Å². The molecule has 0 aromatic heterocycles. The van der Waals surface area contributed by atoms with Crippen molar-refractivity contribution < 1.29 is 9.84 Å². The first-order valence-corrected chi connectivity index (χ1v) is 7.67. The Kier molecular flexibility index (Phi) is 4.13. The van der Waals surface area contributed by atoms with Crippen LogP contribution in [0.15, 0.2) is 18.2 Å². The number of piperidine rings is 1. The number of benzene rings is 1. The van der Waals surface area contributed by atoms with Crippen molar-refractivity contribution in [2.45, 2.75) is 38.3 Å². The first-order chi connectivity index (χ1) is 9.74. The van der Waals surface area contributed by atoms with Crippen molar-refractivity contribution in [3.63, 3.8) is 0 Å². The zero-order chi connectivity index (χ0) is 13.9. The smallest absolute Gasteiger partial charge is 0.127 e. The van der Waals surface area contributed by atoms with Crippen LogP contribution in [0.2, 0.25) is 0 Å². The number of likely N-dealkylation sites (tertiary alicyclic amines) is 1. The quantitative estimate of drug-likeness (QED) is 0.885. The van der Waals surface area contributed by atoms with Gasteiger partial charge in [-0.25, -0.2) is 0 Å². The van der Waals surface area contributed by atoms with Crippen LogP contribution in [0.5, 0.6) is 11.5 Å². The summed E-state index contributed by atoms with van der Waals surface area (Å²) in [6.07, 6.45) is 4.04. The molecule has 1 aromatic carbocycles. The van der Waals surface area contributed by atoms with Gasteiger partial charge in [-0.1, -0.05) is 6.42 Å². The van der Waals surface area contributed by atoms with Crippen LogP contribution in [0.1, 0.15) is 37.8 Å². The highest BCUT2D eigenvalue weighted by atomic mass is 16.5. The van der Waals surface area contributed by atoms with Crippen LogP contribution in [0.3, 0.4) is 0 Å². The van der Waals surface area contributed by atoms with Crippen molar-refractivity contribution in [1.82, 2.24) is 10.2 Å². The van der Waals surface area contributed by atoms with Gasteiger partial charge in [0.25, 0.3) is 0 Å². The molecular weight excluding hydrogens is 252 g/mol. The summed E-state index contributed by atoms with van der Waals surface area (Å²) in [4.78, 5) is 2.57. The van der Waals surface area contributed by atoms with Crippen LogP contribution in [-0.4, -0.2) is 42.3 Å². The number of nitrogens with zero attached hydrogens (tertiary/aromatic N) is 1. The molecule has 0 spiro atoms. The minimum atomic E-state index is 0.248. The Hall–Kier alpha value is -1.26. The number of phenolic OH excluding ortho intramolecular Hbond substituents is 1. The van der Waals surface area contributed by atoms with E-state index in [1.807, 2.05) is 6.07 Å². The number of phenols is 1. The molecule has 0 bridgehead atoms. The molecule has 3 rings (SSSR count). The highest BCUT2D eigenvalue weighted by Gasteiger charge is 2.25. The Balaban J connectivity index is 1.55. The Morgan fingerprint density at radius 2 is 2.15 bits per heavy atom. The van der Waals surface area contributed by atoms with Gasteiger partial charge >= 0.3 is 0 Å². The largest absolute Gasteiger partial charge is 0.508 e. The zero-order valence-electron chi connectivity index (χ0n) is 12.1. The molecule has 0 aliphatic carbocycles. The minimum absolute atomic E-state index is 0.248. The van der Waals surface area contributed by atoms with E-state index in [4.69, 9.17) is 4.74 Å². The minimum Gasteiger partial charge on any atom is -0.508 e. The predicted octanol–water partition coefficient (Wildman–Crippen LogP) is 2.29. The predicted molar refractivity (Wildman–Crippen MR) is 79.2 cm³/mol. The molecule has 2 heterocycles. The Labute approximate surface area is 120 Å². The van der Waals surface area contributed by atoms with Crippen molar-refractivity contribution >= 4 is 0 Å². The highest BCUT2D eigenvalue weighted by molar-refractivity contribution is 5.44. The van der Waals surface area contributed by atoms with Gasteiger partial charge in [-0.2, -0.15) is 0 Å². The first-order valence-electron chi connectivity index (χ1n) is 7.67. The summed E-state index contributed by atoms with van der Waals surface area (Å²) in [5.74, 6) is 1.08. The third kappa shape index (κ3) is 2.91. The second-order valence-corrected chi connectivity index (χ2v) is 5.94. The SMILES string of the molecule is CC(CNC1COc2cc(O)ccc21)N1CCCCC1. The summed E-state index contributed by atoms with van der Waals surface area (Å²) < 4.78 is 5.63. The normalized spacial score (nSPS) is 24.1. The number of hydrogen-bond donors (Lipinski definition) is 2. The van der Waals surface area contributed by atoms with E-state index < -0.39 is 0 Å². The average molecular weight is 276 g/mol. The fraction of sp³-hybridized carbons (Fsp3) is 0.625. The van der Waals surface area contributed by atoms with Gasteiger partial charge < -0.3 is 15.2 Å². The van der Waals surface area contributed by atoms with Gasteiger partial charge in [0.2, 0.25) is 0 Å². The first kappa shape index (κ1) is 13.7. The summed E-state index contributed by atoms with van der Waals surface area (Å²) in [5, 5.41) is 13.1. The van der Waals surface area contributed by atoms with Gasteiger partial charge in [0, 0.05) is 24.2 Å². The topological polar surface area (TPSA) is 44.7 Å². The fourth-order valence-corrected chi connectivity index (χ4v) is 3.17. The lowest BCUT2D eigenvalue weighted by Crippen LogP contribution is -2.44. The average Bonchev–Trinajstić information content (AvgIpc) is 2.88. The zero-order valence-corrected chi connectivity index (χ0v) is 12.1. The van der Waals surface area contributed by atoms with Gasteiger partial charge in [-0.3, -0.25) is 4.90 Å². The van der Waals surface area contributed by atoms with Gasteiger partial charge in [-0.05, 0) is 45.0 Å². The van der Waals surface area contributed by atoms with Crippen LogP contribution >= 0.6 is 0 Å². The molecule has 1 aromatic rings. The molecule has 20 heavy (non-hydrogen) atoms. The second kappa shape index (κ2) is 6.02. The van der Waals surface area contributed by atoms with Gasteiger partial charge in [-0.15, -0.1) is 0 Å². The van der Waals surface area contributed by atoms with E-state index in [1.165, 1.54) is 32.4 Å². The fourth-order valence-electron chi connectivity index (χ4n) is 3.17. The molecule has 1 fully saturated rings. The van der Waals surface area contributed by atoms with Crippen molar-refractivity contribution in [2.75, 3.05) is 26.2 Å². The van der Waals surface area contributed by atoms with Crippen molar-refractivity contribution in [1.29, 1.82) is 0 Å². The highest BCUT2D eigenvalue weighted by Crippen LogP contribution is 2.34. The van der Waals surface area contributed by atoms with Gasteiger partial charge in [0.1, 0.15) is 18.1 Å². The van der Waals surface area contributed by atoms with Crippen LogP contribution in [0.25, 0.3) is 0 Å². The van der Waals surface area contributed by atoms with Crippen molar-refractivity contribution in [3.8, 4) is 11.5 Å². The number of hydrogen-bond acceptors (Lipinski definition) is 4. The number of rotatable bonds is 4. The monoisotopic (exact) mass is 276 g/mol. The Morgan fingerprint density at radius 3 is 2.95 bits per heavy atom. The van der Waals surface area contributed by atoms with Crippen LogP contribution in [0.4, 0.5) is 0 Å². The lowest BCUT2D eigenvalue weighted by molar-refractivity contribution is 0.166. The molecule has 4 heteroatoms. The number of nitrogens with one attached hydrogen (secondary N) is 1. The maximum absolute atomic E-state index is 9.46. The summed E-state index contributed by atoms with van der Waals surface area (Å²) in [6, 6.07) is 6.21. The molecule has 2 N–H and O–H groups in total. The van der Waals surface area contributed by atoms with E-state index in [0.29, 0.717) is 12.6 Å². The molecule has 1 saturated heterocycles. The lowest BCUT2D eigenvalue weighted by Gasteiger charge is -2.33. The molecule has 0 saturated carbocycles. The summed E-state index contributed by atoms with van der Waals surface area (Å²) in [7, 11) is 0. The van der Waals surface area contributed by atoms with Gasteiger partial charge in [0.15, 0.2) is 0 Å². The van der Waals surface area contributed by atoms with Crippen LogP contribution in [0, 0.1) is 0 Å². The third-order valence-electron chi connectivity index (χ3n) is 4.45. The molecule has 2 atom stereocenters. The molecule has 0 radical (unpaired) electrons. The summed E-state index contributed by atoms with van der Waals surface area (Å²) in [6.45, 7) is 6.40. The molecule has 4 nitrogen and oxygen atoms in total. The van der Waals surface area contributed by atoms with E-state index in [2.05, 4.69) is 17.1 Å². The summed E-state index contributed by atoms with van der Waals surface area (Å²) >= 11 is 0. The number of ether oxygens (including phenoxy) is 1. The summed E-state index contributed by atoms with van der Waals surface area (Å²) in [5.41, 5.74) is 1.16. The molecule has 110 valence electrons. The van der Waals surface area contributed by atoms with Crippen LogP contribution < -0.4 is 10.1 Å². The Bertz CT molecular complexity index is 458. The lowest BCUT2D eigenvalue weighted by atomic mass is 10.1. The number of fused-ring (bicyclic) bond motifs is 1. The van der Waals surface area contributed by atoms with E-state index in [0.717, 1.165) is 17.9 Å². The van der Waals surface area contributed by atoms with Crippen molar-refractivity contribution in [2.24, 2.45) is 0 Å². The van der Waals surface area contributed by atoms with Crippen LogP contribution in [-0.2, 0) is 0 Å². The molecule has 0 amide bonds. The van der Waals surface area contributed by atoms with E-state index in [1.54, 1.807) is 12.1 Å². The molecule has 2 aliphatic rings. The molecule has 2 unspecified atom stereocenters. The number of aromatic hydroxyl groups is 1. The third-order valence-corrected chi connectivity index (χ3v) is 4.45. The molecular formula is C16H24N2O2. The standard InChI is InChI=1S/C16H24N2O2/c1-12(18-7-3-2-4-8-18)10-17-15-11-20-16-9-13(19)5-6-14(15)16/h5-6,9,12,15,17,19H,2-4,7-8,10-11H2,1H3. The second-order valence-electron chi connectivity index (χ2n) is 5.94. The van der Waals surface area contributed by atoms with Gasteiger partial charge in [0.05, 0.1) is 6.04 Å². The van der Waals surface area contributed by atoms with Crippen molar-refractivity contribution in [3.05, 3.63) is 23.8 Å². The van der Waals surface area contributed by atoms with E-state index in [-0.39, 0.29) is 11.8 Å². The van der Waals surface area contributed by atoms with E-state index >= 15 is 0 Å². The Morgan fingerprint density at radius 1 is 1.35 bits per heavy atom. The maximum Gasteiger partial charge on any atom is 0.127 e. The molecule has 2 aliphatic heterocycles.